The SMILES string of the molecule is COc1ccc2nc(NC(=O)c3ccc(S(=O)(=O)NCCc4cccs4)cc3)sc2c1. The van der Waals surface area contributed by atoms with E-state index in [-0.39, 0.29) is 10.8 Å². The van der Waals surface area contributed by atoms with Crippen LogP contribution in [0.15, 0.2) is 64.9 Å². The van der Waals surface area contributed by atoms with Crippen LogP contribution in [0.1, 0.15) is 15.2 Å². The average Bonchev–Trinajstić information content (AvgIpc) is 3.42. The zero-order chi connectivity index (χ0) is 21.8. The average molecular weight is 474 g/mol. The summed E-state index contributed by atoms with van der Waals surface area (Å²) in [7, 11) is -2.05. The highest BCUT2D eigenvalue weighted by Gasteiger charge is 2.16. The van der Waals surface area contributed by atoms with Crippen LogP contribution < -0.4 is 14.8 Å². The van der Waals surface area contributed by atoms with Crippen molar-refractivity contribution in [2.45, 2.75) is 11.3 Å². The second-order valence-corrected chi connectivity index (χ2v) is 10.4. The molecule has 0 aliphatic carbocycles. The standard InChI is InChI=1S/C21H19N3O4S3/c1-28-15-6-9-18-19(13-15)30-21(23-18)24-20(25)14-4-7-17(8-5-14)31(26,27)22-11-10-16-3-2-12-29-16/h2-9,12-13,22H,10-11H2,1H3,(H,23,24,25). The van der Waals surface area contributed by atoms with E-state index < -0.39 is 10.0 Å². The van der Waals surface area contributed by atoms with E-state index in [2.05, 4.69) is 15.0 Å². The molecule has 0 saturated heterocycles. The van der Waals surface area contributed by atoms with Gasteiger partial charge in [0.1, 0.15) is 5.75 Å². The first-order valence-corrected chi connectivity index (χ1v) is 12.5. The van der Waals surface area contributed by atoms with Crippen LogP contribution in [-0.2, 0) is 16.4 Å². The van der Waals surface area contributed by atoms with Crippen molar-refractivity contribution >= 4 is 54.0 Å². The number of carbonyl (C=O) groups excluding carboxylic acids is 1. The zero-order valence-electron chi connectivity index (χ0n) is 16.5. The number of benzene rings is 2. The van der Waals surface area contributed by atoms with Crippen LogP contribution in [0.25, 0.3) is 10.2 Å². The summed E-state index contributed by atoms with van der Waals surface area (Å²) in [5.74, 6) is 0.357. The molecular formula is C21H19N3O4S3. The summed E-state index contributed by atoms with van der Waals surface area (Å²) >= 11 is 2.93. The Morgan fingerprint density at radius 3 is 2.65 bits per heavy atom. The van der Waals surface area contributed by atoms with Gasteiger partial charge in [-0.25, -0.2) is 18.1 Å². The van der Waals surface area contributed by atoms with Crippen molar-refractivity contribution in [3.05, 3.63) is 70.4 Å². The van der Waals surface area contributed by atoms with Gasteiger partial charge in [0.15, 0.2) is 5.13 Å². The topological polar surface area (TPSA) is 97.4 Å². The number of hydrogen-bond donors (Lipinski definition) is 2. The van der Waals surface area contributed by atoms with Crippen LogP contribution in [0.5, 0.6) is 5.75 Å². The van der Waals surface area contributed by atoms with Crippen LogP contribution in [0.2, 0.25) is 0 Å². The number of methoxy groups -OCH3 is 1. The minimum atomic E-state index is -3.64. The first-order valence-electron chi connectivity index (χ1n) is 9.33. The predicted molar refractivity (Wildman–Crippen MR) is 124 cm³/mol. The maximum atomic E-state index is 12.5. The lowest BCUT2D eigenvalue weighted by atomic mass is 10.2. The number of sulfonamides is 1. The van der Waals surface area contributed by atoms with Crippen LogP contribution >= 0.6 is 22.7 Å². The molecule has 160 valence electrons. The summed E-state index contributed by atoms with van der Waals surface area (Å²) < 4.78 is 33.6. The minimum Gasteiger partial charge on any atom is -0.497 e. The molecule has 1 amide bonds. The zero-order valence-corrected chi connectivity index (χ0v) is 18.9. The van der Waals surface area contributed by atoms with Gasteiger partial charge in [-0.1, -0.05) is 17.4 Å². The number of rotatable bonds is 8. The molecule has 0 aliphatic heterocycles. The number of amides is 1. The van der Waals surface area contributed by atoms with Gasteiger partial charge in [-0.3, -0.25) is 10.1 Å². The van der Waals surface area contributed by atoms with Crippen molar-refractivity contribution in [2.75, 3.05) is 19.0 Å². The molecular weight excluding hydrogens is 454 g/mol. The molecule has 4 aromatic rings. The van der Waals surface area contributed by atoms with E-state index in [0.717, 1.165) is 20.8 Å². The molecule has 2 N–H and O–H groups in total. The fourth-order valence-electron chi connectivity index (χ4n) is 2.89. The molecule has 0 unspecified atom stereocenters. The molecule has 0 fully saturated rings. The van der Waals surface area contributed by atoms with Crippen LogP contribution in [0.4, 0.5) is 5.13 Å². The van der Waals surface area contributed by atoms with Gasteiger partial charge in [-0.15, -0.1) is 11.3 Å². The fourth-order valence-corrected chi connectivity index (χ4v) is 5.52. The largest absolute Gasteiger partial charge is 0.497 e. The summed E-state index contributed by atoms with van der Waals surface area (Å²) in [5.41, 5.74) is 1.10. The highest BCUT2D eigenvalue weighted by Crippen LogP contribution is 2.29. The molecule has 0 bridgehead atoms. The second kappa shape index (κ2) is 9.15. The number of hydrogen-bond acceptors (Lipinski definition) is 7. The predicted octanol–water partition coefficient (Wildman–Crippen LogP) is 4.14. The van der Waals surface area contributed by atoms with Crippen LogP contribution in [-0.4, -0.2) is 33.0 Å². The third-order valence-corrected chi connectivity index (χ3v) is 7.83. The van der Waals surface area contributed by atoms with Crippen molar-refractivity contribution in [3.63, 3.8) is 0 Å². The Balaban J connectivity index is 1.40. The summed E-state index contributed by atoms with van der Waals surface area (Å²) in [6.45, 7) is 0.313. The summed E-state index contributed by atoms with van der Waals surface area (Å²) in [5, 5.41) is 5.17. The molecule has 0 spiro atoms. The van der Waals surface area contributed by atoms with Gasteiger partial charge in [0.05, 0.1) is 22.2 Å². The highest BCUT2D eigenvalue weighted by molar-refractivity contribution is 7.89. The fraction of sp³-hybridized carbons (Fsp3) is 0.143. The molecule has 2 heterocycles. The smallest absolute Gasteiger partial charge is 0.257 e. The van der Waals surface area contributed by atoms with Crippen molar-refractivity contribution in [2.24, 2.45) is 0 Å². The Labute approximate surface area is 187 Å². The van der Waals surface area contributed by atoms with Gasteiger partial charge in [-0.05, 0) is 60.3 Å². The Bertz CT molecular complexity index is 1300. The van der Waals surface area contributed by atoms with Gasteiger partial charge < -0.3 is 4.74 Å². The summed E-state index contributed by atoms with van der Waals surface area (Å²) in [4.78, 5) is 18.2. The Morgan fingerprint density at radius 2 is 1.94 bits per heavy atom. The molecule has 0 aliphatic rings. The lowest BCUT2D eigenvalue weighted by Gasteiger charge is -2.07. The van der Waals surface area contributed by atoms with Crippen molar-refractivity contribution < 1.29 is 17.9 Å². The molecule has 10 heteroatoms. The van der Waals surface area contributed by atoms with E-state index in [0.29, 0.717) is 23.7 Å². The Hall–Kier alpha value is -2.79. The van der Waals surface area contributed by atoms with E-state index >= 15 is 0 Å². The van der Waals surface area contributed by atoms with Gasteiger partial charge >= 0.3 is 0 Å². The number of nitrogens with one attached hydrogen (secondary N) is 2. The maximum absolute atomic E-state index is 12.5. The molecule has 0 saturated carbocycles. The molecule has 4 rings (SSSR count). The number of aromatic nitrogens is 1. The monoisotopic (exact) mass is 473 g/mol. The number of thiazole rings is 1. The number of anilines is 1. The van der Waals surface area contributed by atoms with E-state index in [4.69, 9.17) is 4.74 Å². The molecule has 2 aromatic carbocycles. The minimum absolute atomic E-state index is 0.113. The van der Waals surface area contributed by atoms with Gasteiger partial charge in [0.2, 0.25) is 10.0 Å². The quantitative estimate of drug-likeness (QED) is 0.401. The highest BCUT2D eigenvalue weighted by atomic mass is 32.2. The third-order valence-electron chi connectivity index (χ3n) is 4.49. The molecule has 7 nitrogen and oxygen atoms in total. The second-order valence-electron chi connectivity index (χ2n) is 6.56. The van der Waals surface area contributed by atoms with Gasteiger partial charge in [0, 0.05) is 17.0 Å². The third kappa shape index (κ3) is 5.10. The first-order chi connectivity index (χ1) is 14.9. The number of carbonyl (C=O) groups is 1. The normalized spacial score (nSPS) is 11.5. The molecule has 31 heavy (non-hydrogen) atoms. The maximum Gasteiger partial charge on any atom is 0.257 e. The van der Waals surface area contributed by atoms with E-state index in [1.54, 1.807) is 24.5 Å². The number of thiophene rings is 1. The Kier molecular flexibility index (Phi) is 6.33. The Morgan fingerprint density at radius 1 is 1.13 bits per heavy atom. The van der Waals surface area contributed by atoms with Gasteiger partial charge in [0.25, 0.3) is 5.91 Å². The van der Waals surface area contributed by atoms with Crippen LogP contribution in [0, 0.1) is 0 Å². The number of nitrogens with zero attached hydrogens (tertiary/aromatic N) is 1. The molecule has 0 atom stereocenters. The van der Waals surface area contributed by atoms with E-state index in [1.807, 2.05) is 29.6 Å². The summed E-state index contributed by atoms with van der Waals surface area (Å²) in [6.07, 6.45) is 0.630. The lowest BCUT2D eigenvalue weighted by molar-refractivity contribution is 0.102. The molecule has 2 aromatic heterocycles. The summed E-state index contributed by atoms with van der Waals surface area (Å²) in [6, 6.07) is 15.2. The lowest BCUT2D eigenvalue weighted by Crippen LogP contribution is -2.26. The van der Waals surface area contributed by atoms with Crippen molar-refractivity contribution in [1.29, 1.82) is 0 Å². The van der Waals surface area contributed by atoms with E-state index in [9.17, 15) is 13.2 Å². The number of fused-ring (bicyclic) bond motifs is 1. The van der Waals surface area contributed by atoms with Gasteiger partial charge in [-0.2, -0.15) is 0 Å². The van der Waals surface area contributed by atoms with Crippen molar-refractivity contribution in [3.8, 4) is 5.75 Å². The first kappa shape index (κ1) is 21.4. The van der Waals surface area contributed by atoms with E-state index in [1.165, 1.54) is 35.6 Å². The van der Waals surface area contributed by atoms with Crippen molar-refractivity contribution in [1.82, 2.24) is 9.71 Å². The van der Waals surface area contributed by atoms with Crippen LogP contribution in [0.3, 0.4) is 0 Å². The number of ether oxygens (including phenoxy) is 1. The molecule has 0 radical (unpaired) electrons.